The highest BCUT2D eigenvalue weighted by Gasteiger charge is 2.07. The quantitative estimate of drug-likeness (QED) is 0.846. The second-order valence-electron chi connectivity index (χ2n) is 4.91. The Morgan fingerprint density at radius 2 is 1.80 bits per heavy atom. The van der Waals surface area contributed by atoms with Crippen LogP contribution in [0.4, 0.5) is 11.4 Å². The lowest BCUT2D eigenvalue weighted by atomic mass is 10.1. The van der Waals surface area contributed by atoms with Gasteiger partial charge in [-0.2, -0.15) is 5.10 Å². The molecule has 0 saturated carbocycles. The minimum atomic E-state index is 0.578. The van der Waals surface area contributed by atoms with Crippen LogP contribution in [0.5, 0.6) is 0 Å². The smallest absolute Gasteiger partial charge is 0.175 e. The minimum Gasteiger partial charge on any atom is -0.332 e. The fourth-order valence-electron chi connectivity index (χ4n) is 2.22. The zero-order valence-electron chi connectivity index (χ0n) is 12.3. The molecule has 0 aliphatic heterocycles. The summed E-state index contributed by atoms with van der Waals surface area (Å²) in [5, 5.41) is 11.3. The van der Waals surface area contributed by atoms with Gasteiger partial charge in [0.15, 0.2) is 5.11 Å². The van der Waals surface area contributed by atoms with E-state index >= 15 is 0 Å². The third kappa shape index (κ3) is 3.36. The van der Waals surface area contributed by atoms with Gasteiger partial charge in [0.2, 0.25) is 0 Å². The van der Waals surface area contributed by atoms with Crippen LogP contribution in [0.25, 0.3) is 0 Å². The third-order valence-electron chi connectivity index (χ3n) is 3.13. The summed E-state index contributed by atoms with van der Waals surface area (Å²) in [6, 6.07) is 6.28. The molecule has 0 radical (unpaired) electrons. The molecule has 0 amide bonds. The van der Waals surface area contributed by atoms with E-state index in [1.807, 2.05) is 11.6 Å². The summed E-state index contributed by atoms with van der Waals surface area (Å²) >= 11 is 5.35. The van der Waals surface area contributed by atoms with Crippen molar-refractivity contribution in [3.05, 3.63) is 41.2 Å². The molecule has 1 heterocycles. The molecule has 0 aliphatic carbocycles. The molecule has 1 aromatic heterocycles. The van der Waals surface area contributed by atoms with Gasteiger partial charge >= 0.3 is 0 Å². The van der Waals surface area contributed by atoms with E-state index in [9.17, 15) is 0 Å². The summed E-state index contributed by atoms with van der Waals surface area (Å²) in [7, 11) is 0. The van der Waals surface area contributed by atoms with Gasteiger partial charge in [-0.15, -0.1) is 0 Å². The zero-order chi connectivity index (χ0) is 14.7. The number of hydrogen-bond donors (Lipinski definition) is 2. The van der Waals surface area contributed by atoms with Crippen LogP contribution in [-0.2, 0) is 6.54 Å². The summed E-state index contributed by atoms with van der Waals surface area (Å²) in [5.74, 6) is 0. The lowest BCUT2D eigenvalue weighted by molar-refractivity contribution is 0.640. The Morgan fingerprint density at radius 1 is 1.15 bits per heavy atom. The monoisotopic (exact) mass is 288 g/mol. The van der Waals surface area contributed by atoms with Crippen molar-refractivity contribution in [2.24, 2.45) is 0 Å². The van der Waals surface area contributed by atoms with Crippen LogP contribution in [0.15, 0.2) is 24.4 Å². The number of rotatable bonds is 3. The molecule has 0 atom stereocenters. The molecule has 5 heteroatoms. The van der Waals surface area contributed by atoms with E-state index in [0.717, 1.165) is 23.6 Å². The maximum atomic E-state index is 5.35. The third-order valence-corrected chi connectivity index (χ3v) is 3.33. The first-order chi connectivity index (χ1) is 9.49. The molecular formula is C15H20N4S. The number of benzene rings is 1. The molecule has 4 nitrogen and oxygen atoms in total. The second kappa shape index (κ2) is 6.05. The highest BCUT2D eigenvalue weighted by Crippen LogP contribution is 2.16. The molecule has 0 saturated heterocycles. The van der Waals surface area contributed by atoms with E-state index in [1.54, 1.807) is 6.20 Å². The summed E-state index contributed by atoms with van der Waals surface area (Å²) < 4.78 is 1.93. The van der Waals surface area contributed by atoms with Gasteiger partial charge in [-0.05, 0) is 63.2 Å². The topological polar surface area (TPSA) is 41.9 Å². The number of thiocarbonyl (C=S) groups is 1. The predicted molar refractivity (Wildman–Crippen MR) is 88.4 cm³/mol. The van der Waals surface area contributed by atoms with Crippen LogP contribution in [0, 0.1) is 20.8 Å². The molecule has 2 aromatic rings. The van der Waals surface area contributed by atoms with Gasteiger partial charge in [-0.25, -0.2) is 0 Å². The van der Waals surface area contributed by atoms with Crippen LogP contribution < -0.4 is 10.6 Å². The fraction of sp³-hybridized carbons (Fsp3) is 0.333. The fourth-order valence-corrected chi connectivity index (χ4v) is 2.45. The van der Waals surface area contributed by atoms with Crippen LogP contribution >= 0.6 is 12.2 Å². The number of aryl methyl sites for hydroxylation is 3. The van der Waals surface area contributed by atoms with E-state index < -0.39 is 0 Å². The van der Waals surface area contributed by atoms with Crippen LogP contribution in [0.3, 0.4) is 0 Å². The SMILES string of the molecule is CCn1ncc(NC(=S)Nc2cc(C)cc(C)c2)c1C. The largest absolute Gasteiger partial charge is 0.332 e. The van der Waals surface area contributed by atoms with E-state index in [-0.39, 0.29) is 0 Å². The maximum Gasteiger partial charge on any atom is 0.175 e. The standard InChI is InChI=1S/C15H20N4S/c1-5-19-12(4)14(9-16-19)18-15(20)17-13-7-10(2)6-11(3)8-13/h6-9H,5H2,1-4H3,(H2,17,18,20). The molecule has 0 spiro atoms. The summed E-state index contributed by atoms with van der Waals surface area (Å²) in [6.07, 6.45) is 1.80. The minimum absolute atomic E-state index is 0.578. The van der Waals surface area contributed by atoms with Crippen molar-refractivity contribution in [2.75, 3.05) is 10.6 Å². The summed E-state index contributed by atoms with van der Waals surface area (Å²) in [5.41, 5.74) is 5.45. The average molecular weight is 288 g/mol. The number of hydrogen-bond acceptors (Lipinski definition) is 2. The van der Waals surface area contributed by atoms with Gasteiger partial charge in [0.1, 0.15) is 0 Å². The maximum absolute atomic E-state index is 5.35. The van der Waals surface area contributed by atoms with Crippen LogP contribution in [-0.4, -0.2) is 14.9 Å². The Hall–Kier alpha value is -1.88. The van der Waals surface area contributed by atoms with Crippen molar-refractivity contribution in [3.8, 4) is 0 Å². The predicted octanol–water partition coefficient (Wildman–Crippen LogP) is 3.64. The molecular weight excluding hydrogens is 268 g/mol. The molecule has 2 rings (SSSR count). The molecule has 1 aromatic carbocycles. The van der Waals surface area contributed by atoms with Gasteiger partial charge in [-0.1, -0.05) is 6.07 Å². The molecule has 0 fully saturated rings. The summed E-state index contributed by atoms with van der Waals surface area (Å²) in [6.45, 7) is 9.09. The molecule has 20 heavy (non-hydrogen) atoms. The Balaban J connectivity index is 2.07. The Labute approximate surface area is 125 Å². The number of aromatic nitrogens is 2. The van der Waals surface area contributed by atoms with E-state index in [2.05, 4.69) is 54.7 Å². The first-order valence-electron chi connectivity index (χ1n) is 6.68. The number of nitrogens with one attached hydrogen (secondary N) is 2. The van der Waals surface area contributed by atoms with Crippen molar-refractivity contribution >= 4 is 28.7 Å². The first-order valence-corrected chi connectivity index (χ1v) is 7.09. The van der Waals surface area contributed by atoms with Crippen molar-refractivity contribution in [3.63, 3.8) is 0 Å². The number of nitrogens with zero attached hydrogens (tertiary/aromatic N) is 2. The van der Waals surface area contributed by atoms with Crippen LogP contribution in [0.2, 0.25) is 0 Å². The van der Waals surface area contributed by atoms with Crippen molar-refractivity contribution < 1.29 is 0 Å². The normalized spacial score (nSPS) is 10.4. The van der Waals surface area contributed by atoms with Crippen molar-refractivity contribution in [1.29, 1.82) is 0 Å². The molecule has 0 aliphatic rings. The van der Waals surface area contributed by atoms with Gasteiger partial charge in [0.05, 0.1) is 17.6 Å². The van der Waals surface area contributed by atoms with E-state index in [4.69, 9.17) is 12.2 Å². The lowest BCUT2D eigenvalue weighted by Crippen LogP contribution is -2.19. The average Bonchev–Trinajstić information content (AvgIpc) is 2.69. The molecule has 0 unspecified atom stereocenters. The first kappa shape index (κ1) is 14.5. The van der Waals surface area contributed by atoms with Gasteiger partial charge < -0.3 is 10.6 Å². The van der Waals surface area contributed by atoms with Crippen molar-refractivity contribution in [2.45, 2.75) is 34.2 Å². The molecule has 106 valence electrons. The highest BCUT2D eigenvalue weighted by molar-refractivity contribution is 7.80. The summed E-state index contributed by atoms with van der Waals surface area (Å²) in [4.78, 5) is 0. The second-order valence-corrected chi connectivity index (χ2v) is 5.32. The van der Waals surface area contributed by atoms with Gasteiger partial charge in [0, 0.05) is 12.2 Å². The number of anilines is 2. The highest BCUT2D eigenvalue weighted by atomic mass is 32.1. The van der Waals surface area contributed by atoms with Crippen LogP contribution in [0.1, 0.15) is 23.7 Å². The zero-order valence-corrected chi connectivity index (χ0v) is 13.1. The molecule has 0 bridgehead atoms. The molecule has 2 N–H and O–H groups in total. The Bertz CT molecular complexity index is 611. The Morgan fingerprint density at radius 3 is 2.35 bits per heavy atom. The van der Waals surface area contributed by atoms with Gasteiger partial charge in [0.25, 0.3) is 0 Å². The van der Waals surface area contributed by atoms with Crippen molar-refractivity contribution in [1.82, 2.24) is 9.78 Å². The Kier molecular flexibility index (Phi) is 4.39. The van der Waals surface area contributed by atoms with Gasteiger partial charge in [-0.3, -0.25) is 4.68 Å². The lowest BCUT2D eigenvalue weighted by Gasteiger charge is -2.11. The van der Waals surface area contributed by atoms with E-state index in [0.29, 0.717) is 5.11 Å². The van der Waals surface area contributed by atoms with E-state index in [1.165, 1.54) is 11.1 Å².